The number of fused-ring (bicyclic) bond motifs is 1. The molecule has 0 bridgehead atoms. The van der Waals surface area contributed by atoms with Crippen LogP contribution in [0.2, 0.25) is 0 Å². The first-order valence-electron chi connectivity index (χ1n) is 7.39. The minimum Gasteiger partial charge on any atom is -0.374 e. The molecule has 0 saturated heterocycles. The maximum atomic E-state index is 12.6. The zero-order chi connectivity index (χ0) is 19.1. The standard InChI is InChI=1S/C16H15N5O3S2/c1-20-11-7-3-2-6-10(11)14(15(20)22)19-21(16(17)25)12-8-4-5-9-13(12)26(18,23)24/h2-9H,1H3,(H2,17,25)(H2,18,23,24)/b19-14-. The zero-order valence-electron chi connectivity index (χ0n) is 13.7. The molecule has 0 fully saturated rings. The Morgan fingerprint density at radius 2 is 1.77 bits per heavy atom. The predicted octanol–water partition coefficient (Wildman–Crippen LogP) is 0.765. The summed E-state index contributed by atoms with van der Waals surface area (Å²) < 4.78 is 23.8. The van der Waals surface area contributed by atoms with Gasteiger partial charge in [0.2, 0.25) is 10.0 Å². The number of likely N-dealkylation sites (N-methyl/N-ethyl adjacent to an activating group) is 1. The Bertz CT molecular complexity index is 1050. The number of hydrogen-bond acceptors (Lipinski definition) is 5. The molecule has 0 spiro atoms. The van der Waals surface area contributed by atoms with E-state index in [9.17, 15) is 13.2 Å². The van der Waals surface area contributed by atoms with Crippen LogP contribution < -0.4 is 20.8 Å². The molecule has 1 aliphatic heterocycles. The summed E-state index contributed by atoms with van der Waals surface area (Å²) in [4.78, 5) is 13.8. The van der Waals surface area contributed by atoms with E-state index in [4.69, 9.17) is 23.1 Å². The predicted molar refractivity (Wildman–Crippen MR) is 103 cm³/mol. The van der Waals surface area contributed by atoms with Gasteiger partial charge in [-0.05, 0) is 30.4 Å². The summed E-state index contributed by atoms with van der Waals surface area (Å²) in [5, 5.41) is 10.3. The van der Waals surface area contributed by atoms with E-state index in [0.29, 0.717) is 11.3 Å². The fourth-order valence-corrected chi connectivity index (χ4v) is 3.49. The monoisotopic (exact) mass is 389 g/mol. The number of sulfonamides is 1. The maximum absolute atomic E-state index is 12.6. The number of thiocarbonyl (C=S) groups is 1. The van der Waals surface area contributed by atoms with Crippen LogP contribution in [-0.4, -0.2) is 32.2 Å². The Labute approximate surface area is 155 Å². The second-order valence-corrected chi connectivity index (χ2v) is 7.44. The summed E-state index contributed by atoms with van der Waals surface area (Å²) in [6, 6.07) is 12.9. The largest absolute Gasteiger partial charge is 0.374 e. The summed E-state index contributed by atoms with van der Waals surface area (Å²) in [7, 11) is -2.43. The van der Waals surface area contributed by atoms with E-state index in [2.05, 4.69) is 5.10 Å². The molecular formula is C16H15N5O3S2. The topological polar surface area (TPSA) is 122 Å². The number of rotatable bonds is 3. The second kappa shape index (κ2) is 6.48. The molecule has 0 radical (unpaired) electrons. The zero-order valence-corrected chi connectivity index (χ0v) is 15.3. The van der Waals surface area contributed by atoms with E-state index >= 15 is 0 Å². The van der Waals surface area contributed by atoms with Crippen LogP contribution in [0, 0.1) is 0 Å². The minimum absolute atomic E-state index is 0.0647. The van der Waals surface area contributed by atoms with Crippen LogP contribution in [0.5, 0.6) is 0 Å². The number of hydrogen-bond donors (Lipinski definition) is 2. The number of anilines is 2. The Hall–Kier alpha value is -2.82. The van der Waals surface area contributed by atoms with Crippen LogP contribution in [0.15, 0.2) is 58.5 Å². The van der Waals surface area contributed by atoms with Crippen molar-refractivity contribution in [1.82, 2.24) is 0 Å². The van der Waals surface area contributed by atoms with Gasteiger partial charge in [0.15, 0.2) is 10.8 Å². The molecule has 3 rings (SSSR count). The number of carbonyl (C=O) groups is 1. The van der Waals surface area contributed by atoms with Crippen LogP contribution in [0.1, 0.15) is 5.56 Å². The molecule has 8 nitrogen and oxygen atoms in total. The molecular weight excluding hydrogens is 374 g/mol. The molecule has 4 N–H and O–H groups in total. The molecule has 0 atom stereocenters. The summed E-state index contributed by atoms with van der Waals surface area (Å²) in [6.45, 7) is 0. The number of primary sulfonamides is 1. The summed E-state index contributed by atoms with van der Waals surface area (Å²) in [5.74, 6) is -0.361. The van der Waals surface area contributed by atoms with Gasteiger partial charge in [-0.2, -0.15) is 5.10 Å². The highest BCUT2D eigenvalue weighted by Crippen LogP contribution is 2.30. The van der Waals surface area contributed by atoms with Crippen molar-refractivity contribution in [2.24, 2.45) is 16.0 Å². The summed E-state index contributed by atoms with van der Waals surface area (Å²) >= 11 is 5.02. The van der Waals surface area contributed by atoms with Crippen molar-refractivity contribution in [3.05, 3.63) is 54.1 Å². The second-order valence-electron chi connectivity index (χ2n) is 5.49. The van der Waals surface area contributed by atoms with Crippen LogP contribution >= 0.6 is 12.2 Å². The lowest BCUT2D eigenvalue weighted by atomic mass is 10.1. The highest BCUT2D eigenvalue weighted by atomic mass is 32.2. The number of para-hydroxylation sites is 2. The molecule has 10 heteroatoms. The first-order chi connectivity index (χ1) is 12.2. The van der Waals surface area contributed by atoms with Gasteiger partial charge in [-0.25, -0.2) is 18.6 Å². The Balaban J connectivity index is 2.20. The lowest BCUT2D eigenvalue weighted by Gasteiger charge is -2.20. The van der Waals surface area contributed by atoms with Gasteiger partial charge in [0.25, 0.3) is 5.91 Å². The van der Waals surface area contributed by atoms with Gasteiger partial charge in [-0.15, -0.1) is 0 Å². The van der Waals surface area contributed by atoms with Crippen molar-refractivity contribution in [3.63, 3.8) is 0 Å². The Morgan fingerprint density at radius 3 is 2.42 bits per heavy atom. The fourth-order valence-electron chi connectivity index (χ4n) is 2.64. The van der Waals surface area contributed by atoms with Gasteiger partial charge in [-0.3, -0.25) is 4.79 Å². The highest BCUT2D eigenvalue weighted by molar-refractivity contribution is 7.89. The van der Waals surface area contributed by atoms with E-state index < -0.39 is 10.0 Å². The Kier molecular flexibility index (Phi) is 4.48. The number of amides is 1. The van der Waals surface area contributed by atoms with Crippen molar-refractivity contribution in [2.45, 2.75) is 4.90 Å². The van der Waals surface area contributed by atoms with E-state index in [-0.39, 0.29) is 27.3 Å². The fraction of sp³-hybridized carbons (Fsp3) is 0.0625. The van der Waals surface area contributed by atoms with Crippen LogP contribution in [0.4, 0.5) is 11.4 Å². The van der Waals surface area contributed by atoms with Crippen molar-refractivity contribution in [1.29, 1.82) is 0 Å². The first-order valence-corrected chi connectivity index (χ1v) is 9.34. The van der Waals surface area contributed by atoms with Gasteiger partial charge < -0.3 is 10.6 Å². The molecule has 2 aromatic carbocycles. The molecule has 134 valence electrons. The van der Waals surface area contributed by atoms with Crippen molar-refractivity contribution in [3.8, 4) is 0 Å². The molecule has 0 aliphatic carbocycles. The molecule has 0 aromatic heterocycles. The van der Waals surface area contributed by atoms with Crippen LogP contribution in [0.3, 0.4) is 0 Å². The third kappa shape index (κ3) is 3.05. The van der Waals surface area contributed by atoms with E-state index in [0.717, 1.165) is 5.01 Å². The van der Waals surface area contributed by atoms with Gasteiger partial charge >= 0.3 is 0 Å². The minimum atomic E-state index is -4.05. The molecule has 26 heavy (non-hydrogen) atoms. The van der Waals surface area contributed by atoms with E-state index in [1.807, 2.05) is 0 Å². The van der Waals surface area contributed by atoms with E-state index in [1.165, 1.54) is 23.1 Å². The normalized spacial score (nSPS) is 15.2. The Morgan fingerprint density at radius 1 is 1.15 bits per heavy atom. The van der Waals surface area contributed by atoms with Crippen molar-refractivity contribution >= 4 is 50.3 Å². The number of nitrogens with zero attached hydrogens (tertiary/aromatic N) is 3. The quantitative estimate of drug-likeness (QED) is 0.590. The van der Waals surface area contributed by atoms with Crippen LogP contribution in [0.25, 0.3) is 0 Å². The summed E-state index contributed by atoms with van der Waals surface area (Å²) in [5.41, 5.74) is 7.18. The first kappa shape index (κ1) is 18.0. The van der Waals surface area contributed by atoms with Gasteiger partial charge in [0.05, 0.1) is 11.4 Å². The van der Waals surface area contributed by atoms with Crippen molar-refractivity contribution in [2.75, 3.05) is 17.0 Å². The average Bonchev–Trinajstić information content (AvgIpc) is 2.83. The van der Waals surface area contributed by atoms with Gasteiger partial charge in [0.1, 0.15) is 4.90 Å². The lowest BCUT2D eigenvalue weighted by Crippen LogP contribution is -2.35. The molecule has 1 heterocycles. The highest BCUT2D eigenvalue weighted by Gasteiger charge is 2.32. The molecule has 0 saturated carbocycles. The number of benzene rings is 2. The smallest absolute Gasteiger partial charge is 0.279 e. The van der Waals surface area contributed by atoms with Gasteiger partial charge in [-0.1, -0.05) is 30.3 Å². The number of hydrazone groups is 1. The number of carbonyl (C=O) groups excluding carboxylic acids is 1. The third-order valence-corrected chi connectivity index (χ3v) is 4.97. The van der Waals surface area contributed by atoms with Gasteiger partial charge in [0, 0.05) is 12.6 Å². The SMILES string of the molecule is CN1C(=O)/C(=N\N(C(N)=S)c2ccccc2S(N)(=O)=O)c2ccccc21. The van der Waals surface area contributed by atoms with Crippen LogP contribution in [-0.2, 0) is 14.8 Å². The molecule has 1 amide bonds. The number of nitrogens with two attached hydrogens (primary N) is 2. The van der Waals surface area contributed by atoms with Crippen molar-refractivity contribution < 1.29 is 13.2 Å². The lowest BCUT2D eigenvalue weighted by molar-refractivity contribution is -0.111. The van der Waals surface area contributed by atoms with E-state index in [1.54, 1.807) is 37.4 Å². The molecule has 1 aliphatic rings. The maximum Gasteiger partial charge on any atom is 0.279 e. The molecule has 0 unspecified atom stereocenters. The average molecular weight is 389 g/mol. The molecule has 2 aromatic rings. The third-order valence-electron chi connectivity index (χ3n) is 3.84. The summed E-state index contributed by atoms with van der Waals surface area (Å²) in [6.07, 6.45) is 0.